The molecule has 1 heterocycles. The van der Waals surface area contributed by atoms with Crippen LogP contribution >= 0.6 is 0 Å². The topological polar surface area (TPSA) is 61.8 Å². The molecule has 5 nitrogen and oxygen atoms in total. The summed E-state index contributed by atoms with van der Waals surface area (Å²) < 4.78 is 22.1. The first-order valence-corrected chi connectivity index (χ1v) is 9.00. The number of hydrogen-bond acceptors (Lipinski definition) is 3. The van der Waals surface area contributed by atoms with Gasteiger partial charge in [-0.3, -0.25) is 4.99 Å². The van der Waals surface area contributed by atoms with Crippen molar-refractivity contribution < 1.29 is 8.42 Å². The Kier molecular flexibility index (Phi) is 5.64. The molecule has 112 valence electrons. The van der Waals surface area contributed by atoms with Gasteiger partial charge < -0.3 is 10.2 Å². The summed E-state index contributed by atoms with van der Waals surface area (Å²) in [5.74, 6) is 1.13. The highest BCUT2D eigenvalue weighted by Crippen LogP contribution is 2.28. The molecule has 0 saturated carbocycles. The van der Waals surface area contributed by atoms with E-state index in [9.17, 15) is 8.42 Å². The lowest BCUT2D eigenvalue weighted by Crippen LogP contribution is -2.40. The SMILES string of the molecule is CCNC(=NCCCS(C)(=O)=O)N1CCC(C)(C)C1. The predicted octanol–water partition coefficient (Wildman–Crippen LogP) is 1.12. The molecule has 0 atom stereocenters. The molecular weight excluding hydrogens is 262 g/mol. The van der Waals surface area contributed by atoms with Gasteiger partial charge in [0.1, 0.15) is 9.84 Å². The zero-order valence-electron chi connectivity index (χ0n) is 12.6. The number of guanidine groups is 1. The average Bonchev–Trinajstić information content (AvgIpc) is 2.62. The quantitative estimate of drug-likeness (QED) is 0.468. The maximum atomic E-state index is 11.1. The number of likely N-dealkylation sites (tertiary alicyclic amines) is 1. The lowest BCUT2D eigenvalue weighted by Gasteiger charge is -2.23. The van der Waals surface area contributed by atoms with E-state index in [2.05, 4.69) is 29.1 Å². The van der Waals surface area contributed by atoms with E-state index < -0.39 is 9.84 Å². The van der Waals surface area contributed by atoms with Crippen molar-refractivity contribution in [1.82, 2.24) is 10.2 Å². The van der Waals surface area contributed by atoms with Gasteiger partial charge in [-0.15, -0.1) is 0 Å². The molecule has 0 spiro atoms. The molecule has 1 rings (SSSR count). The fourth-order valence-corrected chi connectivity index (χ4v) is 2.88. The normalized spacial score (nSPS) is 19.8. The van der Waals surface area contributed by atoms with Crippen molar-refractivity contribution in [2.24, 2.45) is 10.4 Å². The summed E-state index contributed by atoms with van der Waals surface area (Å²) in [6, 6.07) is 0. The molecule has 0 aromatic rings. The third-order valence-corrected chi connectivity index (χ3v) is 4.28. The fourth-order valence-electron chi connectivity index (χ4n) is 2.23. The van der Waals surface area contributed by atoms with Crippen molar-refractivity contribution in [3.63, 3.8) is 0 Å². The second-order valence-electron chi connectivity index (χ2n) is 6.05. The molecular formula is C13H27N3O2S. The predicted molar refractivity (Wildman–Crippen MR) is 80.3 cm³/mol. The molecule has 0 radical (unpaired) electrons. The number of aliphatic imine (C=N–C) groups is 1. The molecule has 0 aliphatic carbocycles. The standard InChI is InChI=1S/C13H27N3O2S/c1-5-14-12(15-8-6-10-19(4,17)18)16-9-7-13(2,3)11-16/h5-11H2,1-4H3,(H,14,15). The minimum atomic E-state index is -2.88. The van der Waals surface area contributed by atoms with Crippen LogP contribution in [0.4, 0.5) is 0 Å². The molecule has 0 unspecified atom stereocenters. The van der Waals surface area contributed by atoms with Crippen molar-refractivity contribution in [2.45, 2.75) is 33.6 Å². The lowest BCUT2D eigenvalue weighted by atomic mass is 9.93. The molecule has 0 bridgehead atoms. The van der Waals surface area contributed by atoms with Crippen LogP contribution < -0.4 is 5.32 Å². The summed E-state index contributed by atoms with van der Waals surface area (Å²) in [5.41, 5.74) is 0.336. The van der Waals surface area contributed by atoms with E-state index in [0.29, 0.717) is 18.4 Å². The maximum Gasteiger partial charge on any atom is 0.193 e. The molecule has 6 heteroatoms. The van der Waals surface area contributed by atoms with Crippen molar-refractivity contribution in [3.05, 3.63) is 0 Å². The van der Waals surface area contributed by atoms with Gasteiger partial charge in [0.2, 0.25) is 0 Å². The summed E-state index contributed by atoms with van der Waals surface area (Å²) >= 11 is 0. The van der Waals surface area contributed by atoms with Crippen molar-refractivity contribution in [1.29, 1.82) is 0 Å². The van der Waals surface area contributed by atoms with Crippen molar-refractivity contribution >= 4 is 15.8 Å². The van der Waals surface area contributed by atoms with Crippen LogP contribution in [0.5, 0.6) is 0 Å². The minimum Gasteiger partial charge on any atom is -0.357 e. The Hall–Kier alpha value is -0.780. The third kappa shape index (κ3) is 6.27. The molecule has 0 amide bonds. The first-order chi connectivity index (χ1) is 8.73. The first-order valence-electron chi connectivity index (χ1n) is 6.94. The molecule has 1 fully saturated rings. The Morgan fingerprint density at radius 2 is 2.11 bits per heavy atom. The van der Waals surface area contributed by atoms with Crippen LogP contribution in [-0.2, 0) is 9.84 Å². The maximum absolute atomic E-state index is 11.1. The summed E-state index contributed by atoms with van der Waals surface area (Å²) in [4.78, 5) is 6.80. The zero-order chi connectivity index (χ0) is 14.5. The summed E-state index contributed by atoms with van der Waals surface area (Å²) in [6.45, 7) is 10.00. The smallest absolute Gasteiger partial charge is 0.193 e. The highest BCUT2D eigenvalue weighted by Gasteiger charge is 2.30. The Morgan fingerprint density at radius 1 is 1.42 bits per heavy atom. The fraction of sp³-hybridized carbons (Fsp3) is 0.923. The first kappa shape index (κ1) is 16.3. The summed E-state index contributed by atoms with van der Waals surface area (Å²) in [7, 11) is -2.88. The highest BCUT2D eigenvalue weighted by atomic mass is 32.2. The summed E-state index contributed by atoms with van der Waals surface area (Å²) in [5, 5.41) is 3.29. The number of hydrogen-bond donors (Lipinski definition) is 1. The van der Waals surface area contributed by atoms with E-state index >= 15 is 0 Å². The van der Waals surface area contributed by atoms with Crippen LogP contribution in [0.3, 0.4) is 0 Å². The van der Waals surface area contributed by atoms with Crippen LogP contribution in [0.25, 0.3) is 0 Å². The molecule has 1 saturated heterocycles. The molecule has 1 aliphatic rings. The van der Waals surface area contributed by atoms with E-state index in [-0.39, 0.29) is 5.75 Å². The van der Waals surface area contributed by atoms with E-state index in [0.717, 1.165) is 25.6 Å². The van der Waals surface area contributed by atoms with E-state index in [4.69, 9.17) is 0 Å². The Balaban J connectivity index is 2.52. The minimum absolute atomic E-state index is 0.210. The monoisotopic (exact) mass is 289 g/mol. The second-order valence-corrected chi connectivity index (χ2v) is 8.31. The second kappa shape index (κ2) is 6.59. The van der Waals surface area contributed by atoms with Crippen molar-refractivity contribution in [2.75, 3.05) is 38.2 Å². The van der Waals surface area contributed by atoms with Gasteiger partial charge in [0.05, 0.1) is 5.75 Å². The Bertz CT molecular complexity index is 416. The number of nitrogens with one attached hydrogen (secondary N) is 1. The molecule has 0 aromatic heterocycles. The van der Waals surface area contributed by atoms with Crippen LogP contribution in [0, 0.1) is 5.41 Å². The van der Waals surface area contributed by atoms with E-state index in [1.807, 2.05) is 6.92 Å². The third-order valence-electron chi connectivity index (χ3n) is 3.25. The van der Waals surface area contributed by atoms with Crippen LogP contribution in [0.15, 0.2) is 4.99 Å². The lowest BCUT2D eigenvalue weighted by molar-refractivity contribution is 0.370. The highest BCUT2D eigenvalue weighted by molar-refractivity contribution is 7.90. The van der Waals surface area contributed by atoms with Gasteiger partial charge in [0, 0.05) is 32.4 Å². The largest absolute Gasteiger partial charge is 0.357 e. The Labute approximate surface area is 117 Å². The van der Waals surface area contributed by atoms with E-state index in [1.54, 1.807) is 0 Å². The molecule has 1 aliphatic heterocycles. The number of nitrogens with zero attached hydrogens (tertiary/aromatic N) is 2. The van der Waals surface area contributed by atoms with E-state index in [1.165, 1.54) is 12.7 Å². The number of rotatable bonds is 5. The molecule has 1 N–H and O–H groups in total. The van der Waals surface area contributed by atoms with Crippen LogP contribution in [-0.4, -0.2) is 57.5 Å². The summed E-state index contributed by atoms with van der Waals surface area (Å²) in [6.07, 6.45) is 3.02. The van der Waals surface area contributed by atoms with Crippen molar-refractivity contribution in [3.8, 4) is 0 Å². The van der Waals surface area contributed by atoms with Gasteiger partial charge in [-0.2, -0.15) is 0 Å². The van der Waals surface area contributed by atoms with Gasteiger partial charge in [-0.25, -0.2) is 8.42 Å². The zero-order valence-corrected chi connectivity index (χ0v) is 13.4. The van der Waals surface area contributed by atoms with Gasteiger partial charge in [-0.05, 0) is 25.2 Å². The Morgan fingerprint density at radius 3 is 2.58 bits per heavy atom. The molecule has 0 aromatic carbocycles. The van der Waals surface area contributed by atoms with Gasteiger partial charge in [-0.1, -0.05) is 13.8 Å². The van der Waals surface area contributed by atoms with Crippen LogP contribution in [0.1, 0.15) is 33.6 Å². The van der Waals surface area contributed by atoms with Gasteiger partial charge in [0.25, 0.3) is 0 Å². The van der Waals surface area contributed by atoms with Gasteiger partial charge >= 0.3 is 0 Å². The van der Waals surface area contributed by atoms with Gasteiger partial charge in [0.15, 0.2) is 5.96 Å². The van der Waals surface area contributed by atoms with Crippen LogP contribution in [0.2, 0.25) is 0 Å². The molecule has 19 heavy (non-hydrogen) atoms. The average molecular weight is 289 g/mol. The number of sulfone groups is 1.